The van der Waals surface area contributed by atoms with Gasteiger partial charge in [-0.1, -0.05) is 13.3 Å². The second-order valence-electron chi connectivity index (χ2n) is 5.48. The fourth-order valence-electron chi connectivity index (χ4n) is 3.11. The quantitative estimate of drug-likeness (QED) is 0.781. The second kappa shape index (κ2) is 7.27. The highest BCUT2D eigenvalue weighted by Gasteiger charge is 2.46. The lowest BCUT2D eigenvalue weighted by molar-refractivity contribution is -0.150. The monoisotopic (exact) mass is 311 g/mol. The Morgan fingerprint density at radius 1 is 1.43 bits per heavy atom. The van der Waals surface area contributed by atoms with Gasteiger partial charge < -0.3 is 5.11 Å². The van der Waals surface area contributed by atoms with Gasteiger partial charge in [0.25, 0.3) is 0 Å². The van der Waals surface area contributed by atoms with Gasteiger partial charge in [-0.2, -0.15) is 0 Å². The summed E-state index contributed by atoms with van der Waals surface area (Å²) in [5.41, 5.74) is -0.669. The Labute approximate surface area is 129 Å². The summed E-state index contributed by atoms with van der Waals surface area (Å²) in [6, 6.07) is 6.44. The molecule has 0 saturated carbocycles. The number of rotatable bonds is 7. The Balaban J connectivity index is 1.92. The lowest BCUT2D eigenvalue weighted by Gasteiger charge is -2.34. The van der Waals surface area contributed by atoms with Crippen LogP contribution in [0.25, 0.3) is 0 Å². The van der Waals surface area contributed by atoms with Crippen molar-refractivity contribution in [3.8, 4) is 0 Å². The molecular formula is C16H22FNO2S. The first kappa shape index (κ1) is 16.3. The predicted molar refractivity (Wildman–Crippen MR) is 83.2 cm³/mol. The van der Waals surface area contributed by atoms with Crippen LogP contribution in [0.2, 0.25) is 0 Å². The van der Waals surface area contributed by atoms with Crippen LogP contribution in [0.4, 0.5) is 4.39 Å². The van der Waals surface area contributed by atoms with Crippen molar-refractivity contribution in [3.05, 3.63) is 30.1 Å². The summed E-state index contributed by atoms with van der Waals surface area (Å²) in [6.45, 7) is 3.65. The number of benzene rings is 1. The molecule has 1 aromatic carbocycles. The molecule has 3 nitrogen and oxygen atoms in total. The second-order valence-corrected chi connectivity index (χ2v) is 6.65. The van der Waals surface area contributed by atoms with Crippen molar-refractivity contribution in [1.29, 1.82) is 0 Å². The summed E-state index contributed by atoms with van der Waals surface area (Å²) in [5, 5.41) is 9.62. The lowest BCUT2D eigenvalue weighted by Crippen LogP contribution is -2.51. The number of nitrogens with zero attached hydrogens (tertiary/aromatic N) is 1. The fraction of sp³-hybridized carbons (Fsp3) is 0.562. The van der Waals surface area contributed by atoms with Crippen LogP contribution in [-0.2, 0) is 4.79 Å². The normalized spacial score (nSPS) is 22.6. The van der Waals surface area contributed by atoms with Crippen LogP contribution in [-0.4, -0.2) is 40.4 Å². The molecule has 1 aliphatic rings. The van der Waals surface area contributed by atoms with E-state index in [1.807, 2.05) is 6.92 Å². The smallest absolute Gasteiger partial charge is 0.324 e. The van der Waals surface area contributed by atoms with E-state index in [0.29, 0.717) is 6.42 Å². The topological polar surface area (TPSA) is 40.5 Å². The molecule has 0 amide bonds. The number of carboxylic acids is 1. The van der Waals surface area contributed by atoms with Crippen molar-refractivity contribution in [1.82, 2.24) is 4.90 Å². The molecule has 1 heterocycles. The number of aliphatic carboxylic acids is 1. The number of likely N-dealkylation sites (tertiary alicyclic amines) is 1. The molecule has 0 aliphatic carbocycles. The highest BCUT2D eigenvalue weighted by atomic mass is 32.2. The number of hydrogen-bond donors (Lipinski definition) is 1. The van der Waals surface area contributed by atoms with Crippen LogP contribution in [0.15, 0.2) is 29.2 Å². The van der Waals surface area contributed by atoms with Crippen molar-refractivity contribution in [2.24, 2.45) is 0 Å². The van der Waals surface area contributed by atoms with E-state index in [1.54, 1.807) is 23.9 Å². The zero-order valence-electron chi connectivity index (χ0n) is 12.3. The Morgan fingerprint density at radius 2 is 2.14 bits per heavy atom. The Hall–Kier alpha value is -1.07. The molecule has 1 aliphatic heterocycles. The number of carbonyl (C=O) groups is 1. The minimum atomic E-state index is -0.686. The molecule has 1 N–H and O–H groups in total. The number of hydrogen-bond acceptors (Lipinski definition) is 3. The van der Waals surface area contributed by atoms with Gasteiger partial charge in [-0.15, -0.1) is 11.8 Å². The van der Waals surface area contributed by atoms with Gasteiger partial charge in [0.2, 0.25) is 0 Å². The van der Waals surface area contributed by atoms with E-state index < -0.39 is 11.5 Å². The average Bonchev–Trinajstić information content (AvgIpc) is 2.86. The summed E-state index contributed by atoms with van der Waals surface area (Å²) < 4.78 is 12.8. The molecule has 1 atom stereocenters. The SMILES string of the molecule is CCCC1(C(=O)O)CCCN1CCSc1ccc(F)cc1. The van der Waals surface area contributed by atoms with Crippen LogP contribution in [0, 0.1) is 5.82 Å². The van der Waals surface area contributed by atoms with E-state index in [1.165, 1.54) is 12.1 Å². The maximum absolute atomic E-state index is 12.8. The predicted octanol–water partition coefficient (Wildman–Crippen LogP) is 3.64. The molecule has 2 rings (SSSR count). The van der Waals surface area contributed by atoms with E-state index in [4.69, 9.17) is 0 Å². The summed E-state index contributed by atoms with van der Waals surface area (Å²) >= 11 is 1.65. The molecule has 0 aromatic heterocycles. The number of halogens is 1. The molecule has 21 heavy (non-hydrogen) atoms. The number of thioether (sulfide) groups is 1. The van der Waals surface area contributed by atoms with Crippen LogP contribution >= 0.6 is 11.8 Å². The maximum Gasteiger partial charge on any atom is 0.324 e. The Bertz CT molecular complexity index is 480. The summed E-state index contributed by atoms with van der Waals surface area (Å²) in [6.07, 6.45) is 3.29. The first-order valence-electron chi connectivity index (χ1n) is 7.45. The largest absolute Gasteiger partial charge is 0.480 e. The molecule has 0 radical (unpaired) electrons. The minimum Gasteiger partial charge on any atom is -0.480 e. The zero-order valence-corrected chi connectivity index (χ0v) is 13.2. The highest BCUT2D eigenvalue weighted by molar-refractivity contribution is 7.99. The minimum absolute atomic E-state index is 0.230. The molecule has 1 fully saturated rings. The summed E-state index contributed by atoms with van der Waals surface area (Å²) in [7, 11) is 0. The first-order chi connectivity index (χ1) is 10.1. The Morgan fingerprint density at radius 3 is 2.76 bits per heavy atom. The van der Waals surface area contributed by atoms with Crippen LogP contribution < -0.4 is 0 Å². The lowest BCUT2D eigenvalue weighted by atomic mass is 9.91. The van der Waals surface area contributed by atoms with Crippen molar-refractivity contribution in [2.45, 2.75) is 43.0 Å². The Kier molecular flexibility index (Phi) is 5.65. The van der Waals surface area contributed by atoms with Crippen LogP contribution in [0.5, 0.6) is 0 Å². The summed E-state index contributed by atoms with van der Waals surface area (Å²) in [5.74, 6) is -0.0925. The molecule has 0 bridgehead atoms. The van der Waals surface area contributed by atoms with Gasteiger partial charge in [-0.05, 0) is 50.1 Å². The van der Waals surface area contributed by atoms with Gasteiger partial charge in [0, 0.05) is 17.2 Å². The van der Waals surface area contributed by atoms with E-state index in [9.17, 15) is 14.3 Å². The highest BCUT2D eigenvalue weighted by Crippen LogP contribution is 2.34. The van der Waals surface area contributed by atoms with Gasteiger partial charge in [0.05, 0.1) is 0 Å². The van der Waals surface area contributed by atoms with E-state index in [0.717, 1.165) is 43.0 Å². The molecule has 0 spiro atoms. The number of carboxylic acid groups (broad SMARTS) is 1. The third-order valence-corrected chi connectivity index (χ3v) is 5.12. The van der Waals surface area contributed by atoms with Gasteiger partial charge in [0.1, 0.15) is 11.4 Å². The van der Waals surface area contributed by atoms with E-state index >= 15 is 0 Å². The molecule has 1 unspecified atom stereocenters. The van der Waals surface area contributed by atoms with Gasteiger partial charge in [0.15, 0.2) is 0 Å². The summed E-state index contributed by atoms with van der Waals surface area (Å²) in [4.78, 5) is 14.8. The molecular weight excluding hydrogens is 289 g/mol. The third kappa shape index (κ3) is 3.77. The van der Waals surface area contributed by atoms with E-state index in [2.05, 4.69) is 4.90 Å². The molecule has 116 valence electrons. The van der Waals surface area contributed by atoms with Crippen LogP contribution in [0.3, 0.4) is 0 Å². The first-order valence-corrected chi connectivity index (χ1v) is 8.44. The average molecular weight is 311 g/mol. The standard InChI is InChI=1S/C16H22FNO2S/c1-2-8-16(15(19)20)9-3-10-18(16)11-12-21-14-6-4-13(17)5-7-14/h4-7H,2-3,8-12H2,1H3,(H,19,20). The maximum atomic E-state index is 12.8. The van der Waals surface area contributed by atoms with Crippen molar-refractivity contribution in [3.63, 3.8) is 0 Å². The van der Waals surface area contributed by atoms with Crippen molar-refractivity contribution in [2.75, 3.05) is 18.8 Å². The van der Waals surface area contributed by atoms with Gasteiger partial charge in [-0.3, -0.25) is 9.69 Å². The fourth-order valence-corrected chi connectivity index (χ4v) is 3.99. The van der Waals surface area contributed by atoms with Gasteiger partial charge in [-0.25, -0.2) is 4.39 Å². The molecule has 1 aromatic rings. The zero-order chi connectivity index (χ0) is 15.3. The van der Waals surface area contributed by atoms with Gasteiger partial charge >= 0.3 is 5.97 Å². The molecule has 1 saturated heterocycles. The van der Waals surface area contributed by atoms with E-state index in [-0.39, 0.29) is 5.82 Å². The van der Waals surface area contributed by atoms with Crippen molar-refractivity contribution >= 4 is 17.7 Å². The molecule has 5 heteroatoms. The van der Waals surface area contributed by atoms with Crippen LogP contribution in [0.1, 0.15) is 32.6 Å². The van der Waals surface area contributed by atoms with Crippen molar-refractivity contribution < 1.29 is 14.3 Å². The third-order valence-electron chi connectivity index (χ3n) is 4.13.